The minimum Gasteiger partial charge on any atom is -0.339 e. The summed E-state index contributed by atoms with van der Waals surface area (Å²) >= 11 is 0. The van der Waals surface area contributed by atoms with Gasteiger partial charge in [0.2, 0.25) is 5.91 Å². The lowest BCUT2D eigenvalue weighted by molar-refractivity contribution is -0.126. The van der Waals surface area contributed by atoms with Crippen LogP contribution in [0.3, 0.4) is 0 Å². The second-order valence-corrected chi connectivity index (χ2v) is 7.71. The molecule has 0 saturated carbocycles. The molecule has 2 unspecified atom stereocenters. The first-order chi connectivity index (χ1) is 12.2. The number of rotatable bonds is 3. The van der Waals surface area contributed by atoms with Gasteiger partial charge < -0.3 is 9.47 Å². The first kappa shape index (κ1) is 16.6. The Labute approximate surface area is 148 Å². The number of aromatic nitrogens is 1. The van der Waals surface area contributed by atoms with E-state index in [1.54, 1.807) is 12.1 Å². The van der Waals surface area contributed by atoms with Crippen molar-refractivity contribution in [2.45, 2.75) is 38.1 Å². The number of carbonyl (C=O) groups is 1. The molecule has 2 fully saturated rings. The Bertz CT molecular complexity index is 718. The topological polar surface area (TPSA) is 45.6 Å². The second-order valence-electron chi connectivity index (χ2n) is 7.71. The lowest BCUT2D eigenvalue weighted by atomic mass is 9.83. The number of nitrogens with zero attached hydrogens (tertiary/aromatic N) is 3. The van der Waals surface area contributed by atoms with E-state index in [0.29, 0.717) is 11.8 Å². The molecule has 5 heteroatoms. The molecule has 4 rings (SSSR count). The van der Waals surface area contributed by atoms with Gasteiger partial charge >= 0.3 is 0 Å². The molecule has 25 heavy (non-hydrogen) atoms. The molecule has 0 N–H and O–H groups in total. The predicted molar refractivity (Wildman–Crippen MR) is 97.6 cm³/mol. The molecule has 4 heterocycles. The zero-order valence-corrected chi connectivity index (χ0v) is 14.8. The summed E-state index contributed by atoms with van der Waals surface area (Å²) in [4.78, 5) is 28.7. The third-order valence-corrected chi connectivity index (χ3v) is 5.85. The van der Waals surface area contributed by atoms with Gasteiger partial charge in [-0.3, -0.25) is 14.5 Å². The van der Waals surface area contributed by atoms with E-state index in [-0.39, 0.29) is 11.5 Å². The standard InChI is InChI=1S/C20H27N3O2/c24-19(22-10-2-1-3-11-22)8-5-9-21-13-16-12-17(15-21)18-6-4-7-20(25)23(18)14-16/h4-8,16-17H,1-3,9-15H2. The zero-order chi connectivity index (χ0) is 17.2. The highest BCUT2D eigenvalue weighted by molar-refractivity contribution is 5.87. The van der Waals surface area contributed by atoms with Gasteiger partial charge in [0.25, 0.3) is 5.56 Å². The minimum absolute atomic E-state index is 0.132. The molecule has 134 valence electrons. The number of pyridine rings is 1. The molecular formula is C20H27N3O2. The number of hydrogen-bond acceptors (Lipinski definition) is 3. The number of piperidine rings is 2. The molecule has 2 saturated heterocycles. The predicted octanol–water partition coefficient (Wildman–Crippen LogP) is 1.84. The summed E-state index contributed by atoms with van der Waals surface area (Å²) in [5, 5.41) is 0. The normalized spacial score (nSPS) is 26.6. The highest BCUT2D eigenvalue weighted by atomic mass is 16.2. The third kappa shape index (κ3) is 3.56. The van der Waals surface area contributed by atoms with E-state index < -0.39 is 0 Å². The molecule has 0 aliphatic carbocycles. The van der Waals surface area contributed by atoms with Crippen molar-refractivity contribution < 1.29 is 4.79 Å². The Balaban J connectivity index is 1.37. The van der Waals surface area contributed by atoms with Crippen LogP contribution in [-0.4, -0.2) is 53.0 Å². The molecule has 2 atom stereocenters. The van der Waals surface area contributed by atoms with E-state index >= 15 is 0 Å². The summed E-state index contributed by atoms with van der Waals surface area (Å²) in [6, 6.07) is 5.64. The van der Waals surface area contributed by atoms with Gasteiger partial charge in [-0.25, -0.2) is 0 Å². The molecule has 3 aliphatic rings. The average molecular weight is 341 g/mol. The number of fused-ring (bicyclic) bond motifs is 4. The third-order valence-electron chi connectivity index (χ3n) is 5.85. The van der Waals surface area contributed by atoms with Crippen LogP contribution in [0, 0.1) is 5.92 Å². The van der Waals surface area contributed by atoms with Crippen LogP contribution in [0.5, 0.6) is 0 Å². The van der Waals surface area contributed by atoms with E-state index in [1.165, 1.54) is 18.5 Å². The molecule has 0 radical (unpaired) electrons. The van der Waals surface area contributed by atoms with Crippen molar-refractivity contribution in [3.05, 3.63) is 46.4 Å². The fourth-order valence-corrected chi connectivity index (χ4v) is 4.67. The highest BCUT2D eigenvalue weighted by Crippen LogP contribution is 2.34. The summed E-state index contributed by atoms with van der Waals surface area (Å²) in [6.07, 6.45) is 8.47. The van der Waals surface area contributed by atoms with Gasteiger partial charge in [0.05, 0.1) is 0 Å². The first-order valence-corrected chi connectivity index (χ1v) is 9.58. The van der Waals surface area contributed by atoms with Crippen LogP contribution in [0.25, 0.3) is 0 Å². The monoisotopic (exact) mass is 341 g/mol. The Morgan fingerprint density at radius 3 is 2.80 bits per heavy atom. The molecule has 1 amide bonds. The summed E-state index contributed by atoms with van der Waals surface area (Å²) in [6.45, 7) is 5.45. The molecule has 0 aromatic carbocycles. The first-order valence-electron chi connectivity index (χ1n) is 9.58. The SMILES string of the molecule is O=C(C=CCN1CC2CC(C1)c1cccc(=O)n1C2)N1CCCCC1. The van der Waals surface area contributed by atoms with Crippen molar-refractivity contribution in [3.8, 4) is 0 Å². The molecule has 3 aliphatic heterocycles. The summed E-state index contributed by atoms with van der Waals surface area (Å²) in [5.41, 5.74) is 1.31. The maximum absolute atomic E-state index is 12.2. The van der Waals surface area contributed by atoms with Gasteiger partial charge in [0.1, 0.15) is 0 Å². The lowest BCUT2D eigenvalue weighted by Gasteiger charge is -2.42. The minimum atomic E-state index is 0.132. The fraction of sp³-hybridized carbons (Fsp3) is 0.600. The molecule has 5 nitrogen and oxygen atoms in total. The highest BCUT2D eigenvalue weighted by Gasteiger charge is 2.33. The Kier molecular flexibility index (Phi) is 4.75. The number of carbonyl (C=O) groups excluding carboxylic acids is 1. The van der Waals surface area contributed by atoms with Crippen molar-refractivity contribution in [2.24, 2.45) is 5.92 Å². The van der Waals surface area contributed by atoms with Crippen molar-refractivity contribution in [3.63, 3.8) is 0 Å². The molecule has 0 spiro atoms. The summed E-state index contributed by atoms with van der Waals surface area (Å²) in [7, 11) is 0. The van der Waals surface area contributed by atoms with Crippen LogP contribution in [0.2, 0.25) is 0 Å². The summed E-state index contributed by atoms with van der Waals surface area (Å²) < 4.78 is 1.96. The van der Waals surface area contributed by atoms with Crippen LogP contribution < -0.4 is 5.56 Å². The van der Waals surface area contributed by atoms with Crippen LogP contribution >= 0.6 is 0 Å². The van der Waals surface area contributed by atoms with E-state index in [0.717, 1.165) is 52.1 Å². The van der Waals surface area contributed by atoms with E-state index in [4.69, 9.17) is 0 Å². The Morgan fingerprint density at radius 2 is 1.96 bits per heavy atom. The second kappa shape index (κ2) is 7.16. The maximum atomic E-state index is 12.2. The number of amides is 1. The van der Waals surface area contributed by atoms with E-state index in [9.17, 15) is 9.59 Å². The Morgan fingerprint density at radius 1 is 1.12 bits per heavy atom. The van der Waals surface area contributed by atoms with Crippen molar-refractivity contribution in [2.75, 3.05) is 32.7 Å². The van der Waals surface area contributed by atoms with Crippen molar-refractivity contribution in [1.82, 2.24) is 14.4 Å². The fourth-order valence-electron chi connectivity index (χ4n) is 4.67. The van der Waals surface area contributed by atoms with Crippen LogP contribution in [0.4, 0.5) is 0 Å². The maximum Gasteiger partial charge on any atom is 0.250 e. The van der Waals surface area contributed by atoms with Gasteiger partial charge in [-0.15, -0.1) is 0 Å². The van der Waals surface area contributed by atoms with Gasteiger partial charge in [-0.1, -0.05) is 12.1 Å². The van der Waals surface area contributed by atoms with Crippen molar-refractivity contribution in [1.29, 1.82) is 0 Å². The average Bonchev–Trinajstić information content (AvgIpc) is 2.63. The molecule has 1 aromatic rings. The van der Waals surface area contributed by atoms with Gasteiger partial charge in [0.15, 0.2) is 0 Å². The Hall–Kier alpha value is -1.88. The van der Waals surface area contributed by atoms with Gasteiger partial charge in [-0.2, -0.15) is 0 Å². The molecule has 2 bridgehead atoms. The largest absolute Gasteiger partial charge is 0.339 e. The zero-order valence-electron chi connectivity index (χ0n) is 14.8. The van der Waals surface area contributed by atoms with E-state index in [1.807, 2.05) is 21.6 Å². The molecular weight excluding hydrogens is 314 g/mol. The summed E-state index contributed by atoms with van der Waals surface area (Å²) in [5.74, 6) is 1.14. The van der Waals surface area contributed by atoms with E-state index in [2.05, 4.69) is 11.0 Å². The quantitative estimate of drug-likeness (QED) is 0.788. The van der Waals surface area contributed by atoms with Gasteiger partial charge in [0, 0.05) is 63.0 Å². The van der Waals surface area contributed by atoms with Gasteiger partial charge in [-0.05, 0) is 37.7 Å². The van der Waals surface area contributed by atoms with Crippen LogP contribution in [-0.2, 0) is 11.3 Å². The lowest BCUT2D eigenvalue weighted by Crippen LogP contribution is -2.47. The number of likely N-dealkylation sites (tertiary alicyclic amines) is 2. The molecule has 1 aromatic heterocycles. The van der Waals surface area contributed by atoms with Crippen LogP contribution in [0.1, 0.15) is 37.3 Å². The van der Waals surface area contributed by atoms with Crippen molar-refractivity contribution >= 4 is 5.91 Å². The van der Waals surface area contributed by atoms with Crippen LogP contribution in [0.15, 0.2) is 35.1 Å². The smallest absolute Gasteiger partial charge is 0.250 e. The number of hydrogen-bond donors (Lipinski definition) is 0.